The highest BCUT2D eigenvalue weighted by Crippen LogP contribution is 2.30. The quantitative estimate of drug-likeness (QED) is 0.244. The molecule has 0 bridgehead atoms. The van der Waals surface area contributed by atoms with Gasteiger partial charge in [0.1, 0.15) is 0 Å². The van der Waals surface area contributed by atoms with Gasteiger partial charge in [-0.15, -0.1) is 0 Å². The molecule has 3 aromatic rings. The summed E-state index contributed by atoms with van der Waals surface area (Å²) in [5, 5.41) is 15.0. The number of amides is 1. The molecule has 1 N–H and O–H groups in total. The molecule has 0 aromatic heterocycles. The van der Waals surface area contributed by atoms with Crippen LogP contribution in [0.2, 0.25) is 10.0 Å². The van der Waals surface area contributed by atoms with E-state index in [1.165, 1.54) is 24.3 Å². The first-order valence-electron chi connectivity index (χ1n) is 11.1. The SMILES string of the molecule is O=C(C=Cc1cccc([N+](=O)[O-])c1)Nc1ccc(N2CCN(Cc3ccccc3Cl)CC2)c(Cl)c1. The summed E-state index contributed by atoms with van der Waals surface area (Å²) in [7, 11) is 0. The van der Waals surface area contributed by atoms with Crippen molar-refractivity contribution in [3.8, 4) is 0 Å². The van der Waals surface area contributed by atoms with Gasteiger partial charge < -0.3 is 10.2 Å². The molecule has 1 amide bonds. The smallest absolute Gasteiger partial charge is 0.270 e. The van der Waals surface area contributed by atoms with Gasteiger partial charge in [-0.3, -0.25) is 19.8 Å². The molecule has 0 saturated carbocycles. The van der Waals surface area contributed by atoms with Crippen LogP contribution in [0.1, 0.15) is 11.1 Å². The van der Waals surface area contributed by atoms with Crippen molar-refractivity contribution in [2.45, 2.75) is 6.54 Å². The minimum atomic E-state index is -0.472. The van der Waals surface area contributed by atoms with Crippen molar-refractivity contribution in [2.75, 3.05) is 36.4 Å². The van der Waals surface area contributed by atoms with E-state index in [0.29, 0.717) is 16.3 Å². The van der Waals surface area contributed by atoms with Crippen LogP contribution in [0.3, 0.4) is 0 Å². The molecule has 1 fully saturated rings. The second-order valence-electron chi connectivity index (χ2n) is 8.20. The first kappa shape index (κ1) is 24.7. The summed E-state index contributed by atoms with van der Waals surface area (Å²) in [5.74, 6) is -0.353. The number of hydrogen-bond donors (Lipinski definition) is 1. The summed E-state index contributed by atoms with van der Waals surface area (Å²) >= 11 is 12.8. The number of halogens is 2. The third-order valence-corrected chi connectivity index (χ3v) is 6.46. The van der Waals surface area contributed by atoms with Crippen molar-refractivity contribution in [3.63, 3.8) is 0 Å². The van der Waals surface area contributed by atoms with Gasteiger partial charge in [0.25, 0.3) is 5.69 Å². The lowest BCUT2D eigenvalue weighted by Crippen LogP contribution is -2.46. The van der Waals surface area contributed by atoms with Crippen LogP contribution in [-0.2, 0) is 11.3 Å². The average molecular weight is 511 g/mol. The third kappa shape index (κ3) is 6.60. The highest BCUT2D eigenvalue weighted by atomic mass is 35.5. The topological polar surface area (TPSA) is 78.7 Å². The Morgan fingerprint density at radius 3 is 2.46 bits per heavy atom. The number of carbonyl (C=O) groups is 1. The second-order valence-corrected chi connectivity index (χ2v) is 9.01. The number of benzene rings is 3. The number of nitro benzene ring substituents is 1. The first-order valence-corrected chi connectivity index (χ1v) is 11.9. The molecule has 180 valence electrons. The average Bonchev–Trinajstić information content (AvgIpc) is 2.85. The fraction of sp³-hybridized carbons (Fsp3) is 0.192. The Morgan fingerprint density at radius 1 is 0.971 bits per heavy atom. The summed E-state index contributed by atoms with van der Waals surface area (Å²) in [6.45, 7) is 4.27. The zero-order valence-electron chi connectivity index (χ0n) is 18.9. The van der Waals surface area contributed by atoms with Crippen LogP contribution in [0, 0.1) is 10.1 Å². The maximum absolute atomic E-state index is 12.3. The van der Waals surface area contributed by atoms with Crippen LogP contribution >= 0.6 is 23.2 Å². The number of piperazine rings is 1. The second kappa shape index (κ2) is 11.4. The van der Waals surface area contributed by atoms with E-state index < -0.39 is 4.92 Å². The molecule has 0 unspecified atom stereocenters. The van der Waals surface area contributed by atoms with E-state index in [1.54, 1.807) is 18.2 Å². The van der Waals surface area contributed by atoms with Crippen LogP contribution in [0.25, 0.3) is 6.08 Å². The number of carbonyl (C=O) groups excluding carboxylic acids is 1. The van der Waals surface area contributed by atoms with Crippen molar-refractivity contribution < 1.29 is 9.72 Å². The van der Waals surface area contributed by atoms with E-state index in [9.17, 15) is 14.9 Å². The molecule has 9 heteroatoms. The lowest BCUT2D eigenvalue weighted by Gasteiger charge is -2.36. The Hall–Kier alpha value is -3.39. The number of rotatable bonds is 7. The highest BCUT2D eigenvalue weighted by molar-refractivity contribution is 6.33. The van der Waals surface area contributed by atoms with Crippen LogP contribution in [0.5, 0.6) is 0 Å². The largest absolute Gasteiger partial charge is 0.368 e. The van der Waals surface area contributed by atoms with E-state index in [4.69, 9.17) is 23.2 Å². The van der Waals surface area contributed by atoms with Gasteiger partial charge >= 0.3 is 0 Å². The maximum Gasteiger partial charge on any atom is 0.270 e. The van der Waals surface area contributed by atoms with E-state index in [2.05, 4.69) is 21.2 Å². The van der Waals surface area contributed by atoms with E-state index in [-0.39, 0.29) is 11.6 Å². The monoisotopic (exact) mass is 510 g/mol. The van der Waals surface area contributed by atoms with Crippen molar-refractivity contribution >= 4 is 52.2 Å². The Kier molecular flexibility index (Phi) is 8.02. The number of nitrogens with zero attached hydrogens (tertiary/aromatic N) is 3. The van der Waals surface area contributed by atoms with Gasteiger partial charge in [0, 0.05) is 61.6 Å². The molecular weight excluding hydrogens is 487 g/mol. The first-order chi connectivity index (χ1) is 16.9. The predicted molar refractivity (Wildman–Crippen MR) is 141 cm³/mol. The molecule has 0 atom stereocenters. The maximum atomic E-state index is 12.3. The normalized spacial score (nSPS) is 14.3. The summed E-state index contributed by atoms with van der Waals surface area (Å²) in [6.07, 6.45) is 2.86. The Morgan fingerprint density at radius 2 is 1.74 bits per heavy atom. The van der Waals surface area contributed by atoms with Gasteiger partial charge in [0.2, 0.25) is 5.91 Å². The van der Waals surface area contributed by atoms with Crippen LogP contribution in [0.4, 0.5) is 17.1 Å². The van der Waals surface area contributed by atoms with Gasteiger partial charge in [-0.1, -0.05) is 53.5 Å². The molecule has 0 radical (unpaired) electrons. The molecule has 1 aliphatic rings. The summed E-state index contributed by atoms with van der Waals surface area (Å²) in [5.41, 5.74) is 3.16. The fourth-order valence-electron chi connectivity index (χ4n) is 3.95. The van der Waals surface area contributed by atoms with Crippen molar-refractivity contribution in [3.05, 3.63) is 104 Å². The number of anilines is 2. The summed E-state index contributed by atoms with van der Waals surface area (Å²) in [6, 6.07) is 19.4. The molecule has 1 saturated heterocycles. The Bertz CT molecular complexity index is 1260. The molecule has 4 rings (SSSR count). The van der Waals surface area contributed by atoms with Gasteiger partial charge in [-0.25, -0.2) is 0 Å². The summed E-state index contributed by atoms with van der Waals surface area (Å²) < 4.78 is 0. The van der Waals surface area contributed by atoms with Gasteiger partial charge in [0.15, 0.2) is 0 Å². The molecule has 0 spiro atoms. The number of non-ortho nitro benzene ring substituents is 1. The van der Waals surface area contributed by atoms with E-state index in [0.717, 1.165) is 49.0 Å². The molecule has 0 aliphatic carbocycles. The highest BCUT2D eigenvalue weighted by Gasteiger charge is 2.20. The van der Waals surface area contributed by atoms with Crippen molar-refractivity contribution in [1.29, 1.82) is 0 Å². The minimum absolute atomic E-state index is 0.0281. The molecule has 7 nitrogen and oxygen atoms in total. The lowest BCUT2D eigenvalue weighted by molar-refractivity contribution is -0.384. The molecular formula is C26H24Cl2N4O3. The van der Waals surface area contributed by atoms with Crippen LogP contribution < -0.4 is 10.2 Å². The Balaban J connectivity index is 1.32. The minimum Gasteiger partial charge on any atom is -0.368 e. The van der Waals surface area contributed by atoms with Crippen molar-refractivity contribution in [2.24, 2.45) is 0 Å². The van der Waals surface area contributed by atoms with E-state index >= 15 is 0 Å². The zero-order chi connectivity index (χ0) is 24.8. The fourth-order valence-corrected chi connectivity index (χ4v) is 4.45. The number of hydrogen-bond acceptors (Lipinski definition) is 5. The molecule has 3 aromatic carbocycles. The van der Waals surface area contributed by atoms with E-state index in [1.807, 2.05) is 30.3 Å². The molecule has 1 heterocycles. The zero-order valence-corrected chi connectivity index (χ0v) is 20.4. The standard InChI is InChI=1S/C26H24Cl2N4O3/c27-23-7-2-1-5-20(23)18-30-12-14-31(15-13-30)25-10-9-21(17-24(25)28)29-26(33)11-8-19-4-3-6-22(16-19)32(34)35/h1-11,16-17H,12-15,18H2,(H,29,33). The van der Waals surface area contributed by atoms with Crippen LogP contribution in [0.15, 0.2) is 72.8 Å². The third-order valence-electron chi connectivity index (χ3n) is 5.79. The molecule has 1 aliphatic heterocycles. The lowest BCUT2D eigenvalue weighted by atomic mass is 10.1. The Labute approximate surface area is 213 Å². The van der Waals surface area contributed by atoms with Crippen LogP contribution in [-0.4, -0.2) is 41.9 Å². The van der Waals surface area contributed by atoms with Gasteiger partial charge in [-0.05, 0) is 41.5 Å². The number of nitro groups is 1. The molecule has 35 heavy (non-hydrogen) atoms. The van der Waals surface area contributed by atoms with Gasteiger partial charge in [0.05, 0.1) is 15.6 Å². The predicted octanol–water partition coefficient (Wildman–Crippen LogP) is 5.88. The van der Waals surface area contributed by atoms with Crippen molar-refractivity contribution in [1.82, 2.24) is 4.90 Å². The summed E-state index contributed by atoms with van der Waals surface area (Å²) in [4.78, 5) is 27.3. The van der Waals surface area contributed by atoms with Gasteiger partial charge in [-0.2, -0.15) is 0 Å². The number of nitrogens with one attached hydrogen (secondary N) is 1.